The van der Waals surface area contributed by atoms with Crippen molar-refractivity contribution in [2.45, 2.75) is 17.7 Å². The van der Waals surface area contributed by atoms with E-state index in [1.54, 1.807) is 0 Å². The predicted octanol–water partition coefficient (Wildman–Crippen LogP) is 0.00930. The fourth-order valence-electron chi connectivity index (χ4n) is 1.78. The summed E-state index contributed by atoms with van der Waals surface area (Å²) in [5.41, 5.74) is 0. The van der Waals surface area contributed by atoms with Gasteiger partial charge in [-0.1, -0.05) is 0 Å². The molecule has 0 radical (unpaired) electrons. The van der Waals surface area contributed by atoms with Crippen molar-refractivity contribution in [2.75, 3.05) is 13.1 Å². The largest absolute Gasteiger partial charge is 0.303 e. The Hall–Kier alpha value is -1.21. The number of nitrogens with one attached hydrogen (secondary N) is 1. The van der Waals surface area contributed by atoms with Gasteiger partial charge in [0.15, 0.2) is 0 Å². The van der Waals surface area contributed by atoms with Gasteiger partial charge in [-0.25, -0.2) is 8.42 Å². The summed E-state index contributed by atoms with van der Waals surface area (Å²) < 4.78 is 25.4. The molecular formula is C9H13N3O3S. The first-order chi connectivity index (χ1) is 7.64. The van der Waals surface area contributed by atoms with Crippen LogP contribution in [0.4, 0.5) is 0 Å². The third-order valence-corrected chi connectivity index (χ3v) is 4.67. The number of nitrogens with zero attached hydrogens (tertiary/aromatic N) is 2. The van der Waals surface area contributed by atoms with Crippen LogP contribution >= 0.6 is 0 Å². The highest BCUT2D eigenvalue weighted by Gasteiger charge is 2.29. The lowest BCUT2D eigenvalue weighted by Crippen LogP contribution is -2.38. The van der Waals surface area contributed by atoms with Crippen molar-refractivity contribution in [1.82, 2.24) is 14.5 Å². The zero-order valence-electron chi connectivity index (χ0n) is 8.67. The molecule has 1 aliphatic heterocycles. The fourth-order valence-corrected chi connectivity index (χ4v) is 3.16. The van der Waals surface area contributed by atoms with Crippen molar-refractivity contribution in [2.24, 2.45) is 5.92 Å². The highest BCUT2D eigenvalue weighted by molar-refractivity contribution is 7.89. The van der Waals surface area contributed by atoms with E-state index in [4.69, 9.17) is 0 Å². The van der Waals surface area contributed by atoms with E-state index >= 15 is 0 Å². The van der Waals surface area contributed by atoms with Crippen LogP contribution in [0.2, 0.25) is 0 Å². The molecule has 0 aromatic carbocycles. The smallest absolute Gasteiger partial charge is 0.246 e. The van der Waals surface area contributed by atoms with Crippen LogP contribution in [0, 0.1) is 5.92 Å². The number of rotatable bonds is 3. The zero-order valence-corrected chi connectivity index (χ0v) is 9.48. The highest BCUT2D eigenvalue weighted by Crippen LogP contribution is 2.21. The molecule has 16 heavy (non-hydrogen) atoms. The average molecular weight is 243 g/mol. The van der Waals surface area contributed by atoms with Crippen molar-refractivity contribution in [3.05, 3.63) is 12.4 Å². The Bertz CT molecular complexity index is 446. The Labute approximate surface area is 93.7 Å². The molecule has 2 rings (SSSR count). The lowest BCUT2D eigenvalue weighted by atomic mass is 10.0. The minimum absolute atomic E-state index is 0.00389. The molecule has 1 aromatic rings. The van der Waals surface area contributed by atoms with E-state index in [0.29, 0.717) is 25.9 Å². The van der Waals surface area contributed by atoms with Crippen molar-refractivity contribution in [1.29, 1.82) is 0 Å². The van der Waals surface area contributed by atoms with Crippen LogP contribution in [0.25, 0.3) is 0 Å². The first kappa shape index (κ1) is 11.3. The van der Waals surface area contributed by atoms with E-state index in [-0.39, 0.29) is 10.8 Å². The number of sulfonamides is 1. The van der Waals surface area contributed by atoms with E-state index in [1.165, 1.54) is 16.7 Å². The number of aromatic nitrogens is 2. The minimum Gasteiger partial charge on any atom is -0.303 e. The van der Waals surface area contributed by atoms with Crippen LogP contribution in [0.15, 0.2) is 17.3 Å². The lowest BCUT2D eigenvalue weighted by molar-refractivity contribution is -0.112. The van der Waals surface area contributed by atoms with Crippen molar-refractivity contribution >= 4 is 16.3 Å². The molecule has 2 heterocycles. The maximum Gasteiger partial charge on any atom is 0.246 e. The molecule has 0 bridgehead atoms. The van der Waals surface area contributed by atoms with Gasteiger partial charge >= 0.3 is 0 Å². The summed E-state index contributed by atoms with van der Waals surface area (Å²) in [7, 11) is -3.43. The van der Waals surface area contributed by atoms with E-state index < -0.39 is 10.0 Å². The molecule has 88 valence electrons. The van der Waals surface area contributed by atoms with Crippen LogP contribution in [-0.2, 0) is 14.8 Å². The second-order valence-electron chi connectivity index (χ2n) is 3.81. The lowest BCUT2D eigenvalue weighted by Gasteiger charge is -2.28. The number of carbonyl (C=O) groups excluding carboxylic acids is 1. The van der Waals surface area contributed by atoms with Gasteiger partial charge in [0.2, 0.25) is 10.0 Å². The second-order valence-corrected chi connectivity index (χ2v) is 5.75. The molecule has 0 saturated carbocycles. The Morgan fingerprint density at radius 2 is 2.12 bits per heavy atom. The van der Waals surface area contributed by atoms with E-state index in [1.807, 2.05) is 0 Å². The SMILES string of the molecule is O=CC1CCN(S(=O)(=O)c2cn[nH]c2)CC1. The summed E-state index contributed by atoms with van der Waals surface area (Å²) in [5.74, 6) is -0.00389. The Kier molecular flexibility index (Phi) is 3.06. The first-order valence-corrected chi connectivity index (χ1v) is 6.53. The molecule has 0 atom stereocenters. The number of aromatic amines is 1. The summed E-state index contributed by atoms with van der Waals surface area (Å²) in [6.45, 7) is 0.799. The van der Waals surface area contributed by atoms with Crippen molar-refractivity contribution < 1.29 is 13.2 Å². The van der Waals surface area contributed by atoms with E-state index in [0.717, 1.165) is 6.29 Å². The summed E-state index contributed by atoms with van der Waals surface area (Å²) in [5, 5.41) is 6.11. The standard InChI is InChI=1S/C9H13N3O3S/c13-7-8-1-3-12(4-2-8)16(14,15)9-5-10-11-6-9/h5-8H,1-4H2,(H,10,11). The number of H-pyrrole nitrogens is 1. The first-order valence-electron chi connectivity index (χ1n) is 5.09. The van der Waals surface area contributed by atoms with Crippen LogP contribution < -0.4 is 0 Å². The molecule has 0 spiro atoms. The monoisotopic (exact) mass is 243 g/mol. The molecule has 1 saturated heterocycles. The van der Waals surface area contributed by atoms with E-state index in [9.17, 15) is 13.2 Å². The summed E-state index contributed by atoms with van der Waals surface area (Å²) in [6.07, 6.45) is 4.76. The molecule has 1 aromatic heterocycles. The normalized spacial score (nSPS) is 19.8. The Morgan fingerprint density at radius 1 is 1.44 bits per heavy atom. The van der Waals surface area contributed by atoms with E-state index in [2.05, 4.69) is 10.2 Å². The van der Waals surface area contributed by atoms with Gasteiger partial charge in [-0.05, 0) is 12.8 Å². The zero-order chi connectivity index (χ0) is 11.6. The van der Waals surface area contributed by atoms with Crippen molar-refractivity contribution in [3.8, 4) is 0 Å². The molecule has 1 aliphatic rings. The summed E-state index contributed by atoms with van der Waals surface area (Å²) >= 11 is 0. The molecule has 6 nitrogen and oxygen atoms in total. The van der Waals surface area contributed by atoms with Crippen molar-refractivity contribution in [3.63, 3.8) is 0 Å². The van der Waals surface area contributed by atoms with Gasteiger partial charge in [-0.2, -0.15) is 9.40 Å². The average Bonchev–Trinajstić information content (AvgIpc) is 2.83. The van der Waals surface area contributed by atoms with Gasteiger partial charge in [0.1, 0.15) is 11.2 Å². The Balaban J connectivity index is 2.12. The van der Waals surface area contributed by atoms with Gasteiger partial charge in [0.25, 0.3) is 0 Å². The van der Waals surface area contributed by atoms with Crippen LogP contribution in [-0.4, -0.2) is 42.3 Å². The quantitative estimate of drug-likeness (QED) is 0.758. The van der Waals surface area contributed by atoms with Gasteiger partial charge in [-0.3, -0.25) is 5.10 Å². The molecule has 0 unspecified atom stereocenters. The number of piperidine rings is 1. The molecule has 0 aliphatic carbocycles. The molecule has 1 N–H and O–H groups in total. The van der Waals surface area contributed by atoms with Gasteiger partial charge < -0.3 is 4.79 Å². The third kappa shape index (κ3) is 2.00. The Morgan fingerprint density at radius 3 is 2.62 bits per heavy atom. The summed E-state index contributed by atoms with van der Waals surface area (Å²) in [4.78, 5) is 10.7. The van der Waals surface area contributed by atoms with Gasteiger partial charge in [0, 0.05) is 25.2 Å². The molecule has 7 heteroatoms. The topological polar surface area (TPSA) is 83.1 Å². The molecule has 0 amide bonds. The predicted molar refractivity (Wildman–Crippen MR) is 56.1 cm³/mol. The van der Waals surface area contributed by atoms with Crippen LogP contribution in [0.3, 0.4) is 0 Å². The van der Waals surface area contributed by atoms with Crippen LogP contribution in [0.1, 0.15) is 12.8 Å². The highest BCUT2D eigenvalue weighted by atomic mass is 32.2. The van der Waals surface area contributed by atoms with Crippen LogP contribution in [0.5, 0.6) is 0 Å². The minimum atomic E-state index is -3.43. The third-order valence-electron chi connectivity index (χ3n) is 2.80. The molecule has 1 fully saturated rings. The van der Waals surface area contributed by atoms with Gasteiger partial charge in [-0.15, -0.1) is 0 Å². The number of carbonyl (C=O) groups is 1. The second kappa shape index (κ2) is 4.34. The fraction of sp³-hybridized carbons (Fsp3) is 0.556. The maximum atomic E-state index is 12.0. The number of hydrogen-bond acceptors (Lipinski definition) is 4. The van der Waals surface area contributed by atoms with Gasteiger partial charge in [0.05, 0.1) is 6.20 Å². The number of aldehydes is 1. The summed E-state index contributed by atoms with van der Waals surface area (Å²) in [6, 6.07) is 0. The maximum absolute atomic E-state index is 12.0. The molecular weight excluding hydrogens is 230 g/mol. The number of hydrogen-bond donors (Lipinski definition) is 1.